The minimum absolute atomic E-state index is 0. The molecule has 1 heterocycles. The minimum Gasteiger partial charge on any atom is -0.379 e. The Hall–Kier alpha value is -1.64. The number of hydrogen-bond donors (Lipinski definition) is 2. The molecular weight excluding hydrogens is 475 g/mol. The predicted octanol–water partition coefficient (Wildman–Crippen LogP) is 3.66. The second kappa shape index (κ2) is 12.1. The van der Waals surface area contributed by atoms with Crippen LogP contribution in [0.5, 0.6) is 0 Å². The summed E-state index contributed by atoms with van der Waals surface area (Å²) in [4.78, 5) is 6.90. The van der Waals surface area contributed by atoms with E-state index in [2.05, 4.69) is 82.9 Å². The first-order chi connectivity index (χ1) is 13.7. The lowest BCUT2D eigenvalue weighted by Gasteiger charge is -2.35. The molecule has 29 heavy (non-hydrogen) atoms. The second-order valence-electron chi connectivity index (χ2n) is 7.31. The number of aryl methyl sites for hydroxylation is 2. The predicted molar refractivity (Wildman–Crippen MR) is 131 cm³/mol. The molecule has 158 valence electrons. The van der Waals surface area contributed by atoms with Crippen LogP contribution in [0.25, 0.3) is 0 Å². The van der Waals surface area contributed by atoms with Crippen LogP contribution < -0.4 is 10.6 Å². The van der Waals surface area contributed by atoms with Crippen molar-refractivity contribution < 1.29 is 4.74 Å². The van der Waals surface area contributed by atoms with E-state index in [9.17, 15) is 0 Å². The van der Waals surface area contributed by atoms with Crippen molar-refractivity contribution in [2.75, 3.05) is 39.9 Å². The maximum atomic E-state index is 5.54. The summed E-state index contributed by atoms with van der Waals surface area (Å²) in [6, 6.07) is 17.5. The highest BCUT2D eigenvalue weighted by molar-refractivity contribution is 14.0. The van der Waals surface area contributed by atoms with E-state index >= 15 is 0 Å². The summed E-state index contributed by atoms with van der Waals surface area (Å²) in [5, 5.41) is 6.97. The average Bonchev–Trinajstić information content (AvgIpc) is 2.73. The number of ether oxygens (including phenoxy) is 1. The van der Waals surface area contributed by atoms with Crippen molar-refractivity contribution in [3.8, 4) is 0 Å². The maximum Gasteiger partial charge on any atom is 0.191 e. The number of rotatable bonds is 6. The Labute approximate surface area is 192 Å². The zero-order valence-electron chi connectivity index (χ0n) is 17.6. The molecule has 0 aliphatic carbocycles. The summed E-state index contributed by atoms with van der Waals surface area (Å²) >= 11 is 0. The monoisotopic (exact) mass is 508 g/mol. The Bertz CT molecular complexity index is 776. The van der Waals surface area contributed by atoms with Crippen LogP contribution in [-0.2, 0) is 11.3 Å². The minimum atomic E-state index is 0. The fraction of sp³-hybridized carbons (Fsp3) is 0.435. The van der Waals surface area contributed by atoms with Crippen LogP contribution in [0.3, 0.4) is 0 Å². The van der Waals surface area contributed by atoms with Gasteiger partial charge in [-0.3, -0.25) is 9.89 Å². The normalized spacial score (nSPS) is 16.0. The number of halogens is 1. The number of guanidine groups is 1. The molecule has 1 aliphatic rings. The van der Waals surface area contributed by atoms with E-state index in [-0.39, 0.29) is 24.0 Å². The number of nitrogens with zero attached hydrogens (tertiary/aromatic N) is 2. The van der Waals surface area contributed by atoms with Crippen molar-refractivity contribution in [3.63, 3.8) is 0 Å². The van der Waals surface area contributed by atoms with Crippen LogP contribution in [0.2, 0.25) is 0 Å². The molecule has 1 unspecified atom stereocenters. The van der Waals surface area contributed by atoms with Crippen molar-refractivity contribution in [2.45, 2.75) is 26.4 Å². The van der Waals surface area contributed by atoms with E-state index in [1.165, 1.54) is 22.3 Å². The van der Waals surface area contributed by atoms with Gasteiger partial charge in [0.15, 0.2) is 5.96 Å². The van der Waals surface area contributed by atoms with Crippen LogP contribution in [0, 0.1) is 13.8 Å². The molecule has 6 heteroatoms. The van der Waals surface area contributed by atoms with Crippen molar-refractivity contribution in [2.24, 2.45) is 4.99 Å². The molecule has 0 radical (unpaired) electrons. The highest BCUT2D eigenvalue weighted by Gasteiger charge is 2.22. The number of benzene rings is 2. The van der Waals surface area contributed by atoms with Crippen molar-refractivity contribution in [3.05, 3.63) is 70.8 Å². The molecule has 0 aromatic heterocycles. The van der Waals surface area contributed by atoms with E-state index in [1.807, 2.05) is 7.05 Å². The molecule has 0 spiro atoms. The van der Waals surface area contributed by atoms with Gasteiger partial charge in [0, 0.05) is 33.2 Å². The van der Waals surface area contributed by atoms with Crippen molar-refractivity contribution >= 4 is 29.9 Å². The van der Waals surface area contributed by atoms with Gasteiger partial charge in [0.2, 0.25) is 0 Å². The molecule has 1 saturated heterocycles. The van der Waals surface area contributed by atoms with E-state index in [1.54, 1.807) is 0 Å². The van der Waals surface area contributed by atoms with E-state index in [0.29, 0.717) is 6.04 Å². The fourth-order valence-electron chi connectivity index (χ4n) is 3.66. The molecule has 1 atom stereocenters. The molecule has 1 aliphatic heterocycles. The smallest absolute Gasteiger partial charge is 0.191 e. The Morgan fingerprint density at radius 1 is 1.07 bits per heavy atom. The highest BCUT2D eigenvalue weighted by Crippen LogP contribution is 2.21. The molecule has 2 aromatic carbocycles. The zero-order chi connectivity index (χ0) is 19.8. The topological polar surface area (TPSA) is 48.9 Å². The third kappa shape index (κ3) is 6.97. The van der Waals surface area contributed by atoms with Gasteiger partial charge in [0.05, 0.1) is 19.3 Å². The number of morpholine rings is 1. The molecule has 0 saturated carbocycles. The maximum absolute atomic E-state index is 5.54. The first-order valence-electron chi connectivity index (χ1n) is 10.0. The van der Waals surface area contributed by atoms with Gasteiger partial charge in [0.1, 0.15) is 0 Å². The largest absolute Gasteiger partial charge is 0.379 e. The van der Waals surface area contributed by atoms with E-state index < -0.39 is 0 Å². The third-order valence-electron chi connectivity index (χ3n) is 5.30. The van der Waals surface area contributed by atoms with Gasteiger partial charge in [-0.05, 0) is 30.5 Å². The second-order valence-corrected chi connectivity index (χ2v) is 7.31. The Morgan fingerprint density at radius 2 is 1.79 bits per heavy atom. The average molecular weight is 508 g/mol. The third-order valence-corrected chi connectivity index (χ3v) is 5.30. The van der Waals surface area contributed by atoms with Gasteiger partial charge in [-0.2, -0.15) is 0 Å². The molecule has 5 nitrogen and oxygen atoms in total. The van der Waals surface area contributed by atoms with E-state index in [4.69, 9.17) is 4.74 Å². The van der Waals surface area contributed by atoms with Gasteiger partial charge in [-0.1, -0.05) is 54.1 Å². The van der Waals surface area contributed by atoms with Crippen molar-refractivity contribution in [1.82, 2.24) is 15.5 Å². The van der Waals surface area contributed by atoms with E-state index in [0.717, 1.165) is 45.4 Å². The summed E-state index contributed by atoms with van der Waals surface area (Å²) in [7, 11) is 1.82. The Kier molecular flexibility index (Phi) is 9.90. The zero-order valence-corrected chi connectivity index (χ0v) is 20.0. The van der Waals surface area contributed by atoms with Gasteiger partial charge in [-0.25, -0.2) is 0 Å². The van der Waals surface area contributed by atoms with Crippen LogP contribution >= 0.6 is 24.0 Å². The number of aliphatic imine (C=N–C) groups is 1. The first-order valence-corrected chi connectivity index (χ1v) is 10.0. The van der Waals surface area contributed by atoms with Crippen LogP contribution in [0.4, 0.5) is 0 Å². The molecule has 3 rings (SSSR count). The van der Waals surface area contributed by atoms with Crippen LogP contribution in [0.15, 0.2) is 53.5 Å². The molecule has 2 aromatic rings. The van der Waals surface area contributed by atoms with Crippen LogP contribution in [0.1, 0.15) is 28.3 Å². The Morgan fingerprint density at radius 3 is 2.45 bits per heavy atom. The summed E-state index contributed by atoms with van der Waals surface area (Å²) in [6.07, 6.45) is 0. The summed E-state index contributed by atoms with van der Waals surface area (Å²) in [5.41, 5.74) is 5.21. The molecule has 0 amide bonds. The number of nitrogens with one attached hydrogen (secondary N) is 2. The van der Waals surface area contributed by atoms with Gasteiger partial charge in [0.25, 0.3) is 0 Å². The lowest BCUT2D eigenvalue weighted by atomic mass is 10.0. The summed E-state index contributed by atoms with van der Waals surface area (Å²) < 4.78 is 5.54. The molecule has 1 fully saturated rings. The lowest BCUT2D eigenvalue weighted by molar-refractivity contribution is 0.0170. The SMILES string of the molecule is CN=C(NCc1ccc(C)cc1C)NCC(c1ccccc1)N1CCOCC1.I. The Balaban J connectivity index is 0.00000300. The lowest BCUT2D eigenvalue weighted by Crippen LogP contribution is -2.46. The summed E-state index contributed by atoms with van der Waals surface area (Å²) in [5.74, 6) is 0.828. The molecule has 2 N–H and O–H groups in total. The highest BCUT2D eigenvalue weighted by atomic mass is 127. The van der Waals surface area contributed by atoms with Crippen LogP contribution in [-0.4, -0.2) is 50.8 Å². The number of hydrogen-bond acceptors (Lipinski definition) is 3. The van der Waals surface area contributed by atoms with Gasteiger partial charge in [-0.15, -0.1) is 24.0 Å². The molecule has 0 bridgehead atoms. The molecular formula is C23H33IN4O. The quantitative estimate of drug-likeness (QED) is 0.356. The van der Waals surface area contributed by atoms with Crippen molar-refractivity contribution in [1.29, 1.82) is 0 Å². The standard InChI is InChI=1S/C23H32N4O.HI/c1-18-9-10-21(19(2)15-18)16-25-23(24-3)26-17-22(20-7-5-4-6-8-20)27-11-13-28-14-12-27;/h4-10,15,22H,11-14,16-17H2,1-3H3,(H2,24,25,26);1H. The van der Waals surface area contributed by atoms with Gasteiger partial charge >= 0.3 is 0 Å². The summed E-state index contributed by atoms with van der Waals surface area (Å²) in [6.45, 7) is 9.34. The van der Waals surface area contributed by atoms with Gasteiger partial charge < -0.3 is 15.4 Å². The first kappa shape index (κ1) is 23.6. The fourth-order valence-corrected chi connectivity index (χ4v) is 3.66.